The summed E-state index contributed by atoms with van der Waals surface area (Å²) in [5, 5.41) is 5.74. The average molecular weight is 339 g/mol. The van der Waals surface area contributed by atoms with Gasteiger partial charge in [0.05, 0.1) is 6.54 Å². The predicted molar refractivity (Wildman–Crippen MR) is 100.0 cm³/mol. The van der Waals surface area contributed by atoms with E-state index in [1.807, 2.05) is 45.0 Å². The summed E-state index contributed by atoms with van der Waals surface area (Å²) in [6.07, 6.45) is 2.41. The van der Waals surface area contributed by atoms with E-state index in [-0.39, 0.29) is 6.03 Å². The van der Waals surface area contributed by atoms with Gasteiger partial charge < -0.3 is 15.5 Å². The number of carbonyl (C=O) groups is 1. The van der Waals surface area contributed by atoms with E-state index >= 15 is 0 Å². The first kappa shape index (κ1) is 17.2. The molecule has 0 atom stereocenters. The topological polar surface area (TPSA) is 70.2 Å². The molecule has 0 saturated carbocycles. The number of amides is 2. The highest BCUT2D eigenvalue weighted by molar-refractivity contribution is 5.90. The molecular formula is C19H25N5O. The van der Waals surface area contributed by atoms with Crippen molar-refractivity contribution >= 4 is 17.5 Å². The van der Waals surface area contributed by atoms with Crippen molar-refractivity contribution in [2.75, 3.05) is 23.3 Å². The Labute approximate surface area is 148 Å². The lowest BCUT2D eigenvalue weighted by Crippen LogP contribution is -2.30. The summed E-state index contributed by atoms with van der Waals surface area (Å²) in [4.78, 5) is 23.5. The Morgan fingerprint density at radius 1 is 1.16 bits per heavy atom. The summed E-state index contributed by atoms with van der Waals surface area (Å²) in [6, 6.07) is 7.62. The van der Waals surface area contributed by atoms with Gasteiger partial charge in [-0.05, 0) is 50.8 Å². The van der Waals surface area contributed by atoms with Crippen molar-refractivity contribution in [3.63, 3.8) is 0 Å². The van der Waals surface area contributed by atoms with Gasteiger partial charge in [-0.3, -0.25) is 0 Å². The first-order valence-electron chi connectivity index (χ1n) is 8.73. The molecule has 2 N–H and O–H groups in total. The number of rotatable bonds is 4. The zero-order chi connectivity index (χ0) is 17.8. The maximum absolute atomic E-state index is 12.2. The Morgan fingerprint density at radius 2 is 1.92 bits per heavy atom. The number of carbonyl (C=O) groups excluding carboxylic acids is 1. The Morgan fingerprint density at radius 3 is 2.68 bits per heavy atom. The second-order valence-electron chi connectivity index (χ2n) is 6.53. The maximum Gasteiger partial charge on any atom is 0.319 e. The van der Waals surface area contributed by atoms with Gasteiger partial charge in [-0.15, -0.1) is 0 Å². The SMILES string of the molecule is Cc1cc(N2CCCC2)nc(CNC(=O)Nc2cccc(C)c2C)n1. The molecule has 1 aliphatic heterocycles. The van der Waals surface area contributed by atoms with Crippen molar-refractivity contribution in [1.29, 1.82) is 0 Å². The van der Waals surface area contributed by atoms with Crippen molar-refractivity contribution < 1.29 is 4.79 Å². The van der Waals surface area contributed by atoms with Crippen molar-refractivity contribution in [2.45, 2.75) is 40.2 Å². The first-order valence-corrected chi connectivity index (χ1v) is 8.73. The van der Waals surface area contributed by atoms with Crippen LogP contribution in [-0.4, -0.2) is 29.1 Å². The van der Waals surface area contributed by atoms with Crippen LogP contribution in [0.5, 0.6) is 0 Å². The molecule has 2 aromatic rings. The zero-order valence-corrected chi connectivity index (χ0v) is 15.1. The fraction of sp³-hybridized carbons (Fsp3) is 0.421. The van der Waals surface area contributed by atoms with Crippen LogP contribution in [0.15, 0.2) is 24.3 Å². The van der Waals surface area contributed by atoms with Crippen molar-refractivity contribution in [1.82, 2.24) is 15.3 Å². The summed E-state index contributed by atoms with van der Waals surface area (Å²) in [7, 11) is 0. The zero-order valence-electron chi connectivity index (χ0n) is 15.1. The number of nitrogens with one attached hydrogen (secondary N) is 2. The molecule has 1 fully saturated rings. The highest BCUT2D eigenvalue weighted by Gasteiger charge is 2.15. The quantitative estimate of drug-likeness (QED) is 0.896. The van der Waals surface area contributed by atoms with Gasteiger partial charge in [-0.1, -0.05) is 12.1 Å². The van der Waals surface area contributed by atoms with Gasteiger partial charge in [0.25, 0.3) is 0 Å². The summed E-state index contributed by atoms with van der Waals surface area (Å²) >= 11 is 0. The summed E-state index contributed by atoms with van der Waals surface area (Å²) < 4.78 is 0. The molecule has 1 saturated heterocycles. The molecule has 0 aliphatic carbocycles. The number of hydrogen-bond acceptors (Lipinski definition) is 4. The van der Waals surface area contributed by atoms with Gasteiger partial charge in [-0.25, -0.2) is 14.8 Å². The van der Waals surface area contributed by atoms with Crippen molar-refractivity contribution in [2.24, 2.45) is 0 Å². The van der Waals surface area contributed by atoms with E-state index < -0.39 is 0 Å². The van der Waals surface area contributed by atoms with Crippen LogP contribution in [0.25, 0.3) is 0 Å². The first-order chi connectivity index (χ1) is 12.0. The molecule has 2 amide bonds. The molecule has 0 bridgehead atoms. The third-order valence-corrected chi connectivity index (χ3v) is 4.58. The smallest absolute Gasteiger partial charge is 0.319 e. The number of urea groups is 1. The summed E-state index contributed by atoms with van der Waals surface area (Å²) in [5.41, 5.74) is 3.96. The lowest BCUT2D eigenvalue weighted by molar-refractivity contribution is 0.251. The van der Waals surface area contributed by atoms with E-state index in [1.54, 1.807) is 0 Å². The highest BCUT2D eigenvalue weighted by Crippen LogP contribution is 2.19. The molecule has 1 aliphatic rings. The lowest BCUT2D eigenvalue weighted by Gasteiger charge is -2.17. The molecule has 0 spiro atoms. The van der Waals surface area contributed by atoms with E-state index in [2.05, 4.69) is 25.5 Å². The molecule has 2 heterocycles. The minimum Gasteiger partial charge on any atom is -0.357 e. The average Bonchev–Trinajstić information content (AvgIpc) is 3.11. The van der Waals surface area contributed by atoms with Crippen LogP contribution in [-0.2, 0) is 6.54 Å². The van der Waals surface area contributed by atoms with E-state index in [1.165, 1.54) is 12.8 Å². The highest BCUT2D eigenvalue weighted by atomic mass is 16.2. The minimum atomic E-state index is -0.249. The van der Waals surface area contributed by atoms with Gasteiger partial charge in [0.2, 0.25) is 0 Å². The molecular weight excluding hydrogens is 314 g/mol. The van der Waals surface area contributed by atoms with Crippen LogP contribution < -0.4 is 15.5 Å². The third-order valence-electron chi connectivity index (χ3n) is 4.58. The van der Waals surface area contributed by atoms with Crippen LogP contribution in [0.4, 0.5) is 16.3 Å². The predicted octanol–water partition coefficient (Wildman–Crippen LogP) is 3.32. The maximum atomic E-state index is 12.2. The molecule has 25 heavy (non-hydrogen) atoms. The van der Waals surface area contributed by atoms with Gasteiger partial charge in [0.1, 0.15) is 11.6 Å². The van der Waals surface area contributed by atoms with Gasteiger partial charge in [0, 0.05) is 30.5 Å². The molecule has 1 aromatic carbocycles. The van der Waals surface area contributed by atoms with Crippen LogP contribution in [0.1, 0.15) is 35.5 Å². The number of hydrogen-bond donors (Lipinski definition) is 2. The van der Waals surface area contributed by atoms with Crippen molar-refractivity contribution in [3.05, 3.63) is 46.9 Å². The largest absolute Gasteiger partial charge is 0.357 e. The van der Waals surface area contributed by atoms with E-state index in [9.17, 15) is 4.79 Å². The molecule has 0 unspecified atom stereocenters. The van der Waals surface area contributed by atoms with Crippen LogP contribution in [0.2, 0.25) is 0 Å². The number of nitrogens with zero attached hydrogens (tertiary/aromatic N) is 3. The standard InChI is InChI=1S/C19H25N5O/c1-13-7-6-8-16(15(13)3)22-19(25)20-12-17-21-14(2)11-18(23-17)24-9-4-5-10-24/h6-8,11H,4-5,9-10,12H2,1-3H3,(H2,20,22,25). The van der Waals surface area contributed by atoms with Gasteiger partial charge >= 0.3 is 6.03 Å². The fourth-order valence-electron chi connectivity index (χ4n) is 3.01. The van der Waals surface area contributed by atoms with Crippen LogP contribution in [0.3, 0.4) is 0 Å². The normalized spacial score (nSPS) is 13.8. The minimum absolute atomic E-state index is 0.249. The summed E-state index contributed by atoms with van der Waals surface area (Å²) in [6.45, 7) is 8.36. The molecule has 1 aromatic heterocycles. The van der Waals surface area contributed by atoms with E-state index in [0.29, 0.717) is 12.4 Å². The van der Waals surface area contributed by atoms with Gasteiger partial charge in [0.15, 0.2) is 0 Å². The lowest BCUT2D eigenvalue weighted by atomic mass is 10.1. The van der Waals surface area contributed by atoms with Crippen LogP contribution in [0, 0.1) is 20.8 Å². The monoisotopic (exact) mass is 339 g/mol. The molecule has 0 radical (unpaired) electrons. The Kier molecular flexibility index (Phi) is 5.16. The van der Waals surface area contributed by atoms with Crippen LogP contribution >= 0.6 is 0 Å². The van der Waals surface area contributed by atoms with Crippen molar-refractivity contribution in [3.8, 4) is 0 Å². The van der Waals surface area contributed by atoms with E-state index in [0.717, 1.165) is 41.4 Å². The molecule has 6 nitrogen and oxygen atoms in total. The number of anilines is 2. The molecule has 132 valence electrons. The molecule has 6 heteroatoms. The Balaban J connectivity index is 1.63. The Bertz CT molecular complexity index is 768. The fourth-order valence-corrected chi connectivity index (χ4v) is 3.01. The molecule has 3 rings (SSSR count). The Hall–Kier alpha value is -2.63. The number of benzene rings is 1. The third kappa shape index (κ3) is 4.26. The number of aryl methyl sites for hydroxylation is 2. The summed E-state index contributed by atoms with van der Waals surface area (Å²) in [5.74, 6) is 1.59. The van der Waals surface area contributed by atoms with Gasteiger partial charge in [-0.2, -0.15) is 0 Å². The second-order valence-corrected chi connectivity index (χ2v) is 6.53. The van der Waals surface area contributed by atoms with E-state index in [4.69, 9.17) is 0 Å². The second kappa shape index (κ2) is 7.51. The number of aromatic nitrogens is 2.